The fourth-order valence-corrected chi connectivity index (χ4v) is 2.08. The molecule has 4 heteroatoms. The third kappa shape index (κ3) is 2.68. The molecule has 1 heterocycles. The minimum atomic E-state index is -0.335. The van der Waals surface area contributed by atoms with E-state index in [1.54, 1.807) is 6.20 Å². The molecular formula is C14H14ClFN2. The predicted molar refractivity (Wildman–Crippen MR) is 71.3 cm³/mol. The summed E-state index contributed by atoms with van der Waals surface area (Å²) < 4.78 is 13.2. The second-order valence-electron chi connectivity index (χ2n) is 4.17. The number of hydrogen-bond acceptors (Lipinski definition) is 2. The van der Waals surface area contributed by atoms with Gasteiger partial charge in [-0.1, -0.05) is 23.7 Å². The summed E-state index contributed by atoms with van der Waals surface area (Å²) in [6.45, 7) is 1.95. The van der Waals surface area contributed by atoms with Gasteiger partial charge in [-0.3, -0.25) is 4.98 Å². The van der Waals surface area contributed by atoms with E-state index in [0.29, 0.717) is 0 Å². The molecule has 18 heavy (non-hydrogen) atoms. The summed E-state index contributed by atoms with van der Waals surface area (Å²) in [6, 6.07) is 7.17. The van der Waals surface area contributed by atoms with Gasteiger partial charge >= 0.3 is 0 Å². The third-order valence-corrected chi connectivity index (χ3v) is 3.29. The highest BCUT2D eigenvalue weighted by Gasteiger charge is 2.13. The van der Waals surface area contributed by atoms with E-state index >= 15 is 0 Å². The lowest BCUT2D eigenvalue weighted by Gasteiger charge is -2.17. The van der Waals surface area contributed by atoms with Gasteiger partial charge in [-0.15, -0.1) is 0 Å². The number of nitrogens with one attached hydrogen (secondary N) is 1. The molecular weight excluding hydrogens is 251 g/mol. The number of pyridine rings is 1. The number of rotatable bonds is 3. The van der Waals surface area contributed by atoms with Crippen LogP contribution in [0.25, 0.3) is 0 Å². The zero-order chi connectivity index (χ0) is 13.1. The van der Waals surface area contributed by atoms with Crippen molar-refractivity contribution in [3.8, 4) is 0 Å². The molecule has 1 aromatic carbocycles. The first-order chi connectivity index (χ1) is 8.61. The lowest BCUT2D eigenvalue weighted by atomic mass is 9.99. The van der Waals surface area contributed by atoms with Crippen LogP contribution in [0.5, 0.6) is 0 Å². The van der Waals surface area contributed by atoms with Crippen molar-refractivity contribution >= 4 is 11.6 Å². The van der Waals surface area contributed by atoms with Gasteiger partial charge in [0.15, 0.2) is 0 Å². The summed E-state index contributed by atoms with van der Waals surface area (Å²) in [6.07, 6.45) is 2.86. The summed E-state index contributed by atoms with van der Waals surface area (Å²) in [5.41, 5.74) is 2.82. The van der Waals surface area contributed by atoms with E-state index in [1.807, 2.05) is 32.2 Å². The van der Waals surface area contributed by atoms with E-state index < -0.39 is 0 Å². The van der Waals surface area contributed by atoms with Crippen LogP contribution in [0.15, 0.2) is 36.7 Å². The van der Waals surface area contributed by atoms with E-state index in [4.69, 9.17) is 11.6 Å². The topological polar surface area (TPSA) is 24.9 Å². The zero-order valence-corrected chi connectivity index (χ0v) is 11.0. The monoisotopic (exact) mass is 264 g/mol. The van der Waals surface area contributed by atoms with E-state index in [2.05, 4.69) is 10.3 Å². The maximum Gasteiger partial charge on any atom is 0.141 e. The predicted octanol–water partition coefficient (Wildman–Crippen LogP) is 3.49. The minimum absolute atomic E-state index is 0.0934. The van der Waals surface area contributed by atoms with Crippen molar-refractivity contribution < 1.29 is 4.39 Å². The van der Waals surface area contributed by atoms with Crippen LogP contribution in [0.3, 0.4) is 0 Å². The lowest BCUT2D eigenvalue weighted by Crippen LogP contribution is -2.18. The molecule has 0 spiro atoms. The molecule has 1 atom stereocenters. The number of aryl methyl sites for hydroxylation is 1. The highest BCUT2D eigenvalue weighted by molar-refractivity contribution is 6.31. The Hall–Kier alpha value is -1.45. The van der Waals surface area contributed by atoms with Crippen molar-refractivity contribution in [1.29, 1.82) is 0 Å². The van der Waals surface area contributed by atoms with E-state index in [-0.39, 0.29) is 11.9 Å². The van der Waals surface area contributed by atoms with Gasteiger partial charge in [0.05, 0.1) is 12.2 Å². The van der Waals surface area contributed by atoms with E-state index in [9.17, 15) is 4.39 Å². The Morgan fingerprint density at radius 3 is 2.61 bits per heavy atom. The van der Waals surface area contributed by atoms with Crippen molar-refractivity contribution in [3.05, 3.63) is 64.2 Å². The van der Waals surface area contributed by atoms with Crippen LogP contribution in [0.2, 0.25) is 5.02 Å². The van der Waals surface area contributed by atoms with Crippen molar-refractivity contribution in [1.82, 2.24) is 10.3 Å². The molecule has 0 saturated heterocycles. The Kier molecular flexibility index (Phi) is 3.94. The molecule has 1 unspecified atom stereocenters. The summed E-state index contributed by atoms with van der Waals surface area (Å²) in [5, 5.41) is 3.89. The van der Waals surface area contributed by atoms with Gasteiger partial charge in [0, 0.05) is 11.2 Å². The molecule has 2 nitrogen and oxygen atoms in total. The number of halogens is 2. The maximum absolute atomic E-state index is 13.2. The molecule has 0 radical (unpaired) electrons. The van der Waals surface area contributed by atoms with Gasteiger partial charge in [-0.25, -0.2) is 4.39 Å². The molecule has 1 aromatic heterocycles. The van der Waals surface area contributed by atoms with Crippen molar-refractivity contribution in [2.24, 2.45) is 0 Å². The third-order valence-electron chi connectivity index (χ3n) is 2.86. The zero-order valence-electron chi connectivity index (χ0n) is 10.2. The second-order valence-corrected chi connectivity index (χ2v) is 4.57. The SMILES string of the molecule is CNC(c1cncc(F)c1)c1ccc(Cl)c(C)c1. The average Bonchev–Trinajstić information content (AvgIpc) is 2.35. The van der Waals surface area contributed by atoms with Crippen LogP contribution in [0.4, 0.5) is 4.39 Å². The molecule has 2 rings (SSSR count). The van der Waals surface area contributed by atoms with Gasteiger partial charge in [-0.05, 0) is 42.8 Å². The van der Waals surface area contributed by atoms with Gasteiger partial charge in [0.1, 0.15) is 5.82 Å². The number of aromatic nitrogens is 1. The molecule has 0 aliphatic rings. The quantitative estimate of drug-likeness (QED) is 0.918. The summed E-state index contributed by atoms with van der Waals surface area (Å²) in [5.74, 6) is -0.335. The first-order valence-electron chi connectivity index (χ1n) is 5.65. The Balaban J connectivity index is 2.42. The summed E-state index contributed by atoms with van der Waals surface area (Å²) >= 11 is 6.01. The van der Waals surface area contributed by atoms with Crippen LogP contribution in [0.1, 0.15) is 22.7 Å². The molecule has 0 aliphatic carbocycles. The second kappa shape index (κ2) is 5.46. The van der Waals surface area contributed by atoms with E-state index in [1.165, 1.54) is 12.3 Å². The average molecular weight is 265 g/mol. The maximum atomic E-state index is 13.2. The smallest absolute Gasteiger partial charge is 0.141 e. The van der Waals surface area contributed by atoms with Gasteiger partial charge in [0.2, 0.25) is 0 Å². The van der Waals surface area contributed by atoms with Crippen molar-refractivity contribution in [3.63, 3.8) is 0 Å². The van der Waals surface area contributed by atoms with Gasteiger partial charge < -0.3 is 5.32 Å². The van der Waals surface area contributed by atoms with Crippen LogP contribution < -0.4 is 5.32 Å². The first kappa shape index (κ1) is 13.0. The Morgan fingerprint density at radius 1 is 1.22 bits per heavy atom. The van der Waals surface area contributed by atoms with Crippen molar-refractivity contribution in [2.45, 2.75) is 13.0 Å². The largest absolute Gasteiger partial charge is 0.309 e. The fraction of sp³-hybridized carbons (Fsp3) is 0.214. The molecule has 2 aromatic rings. The number of nitrogens with zero attached hydrogens (tertiary/aromatic N) is 1. The number of hydrogen-bond donors (Lipinski definition) is 1. The normalized spacial score (nSPS) is 12.4. The molecule has 0 bridgehead atoms. The van der Waals surface area contributed by atoms with Crippen LogP contribution in [-0.2, 0) is 0 Å². The standard InChI is InChI=1S/C14H14ClFN2/c1-9-5-10(3-4-13(9)15)14(17-2)11-6-12(16)8-18-7-11/h3-8,14,17H,1-2H3. The van der Waals surface area contributed by atoms with Gasteiger partial charge in [-0.2, -0.15) is 0 Å². The summed E-state index contributed by atoms with van der Waals surface area (Å²) in [7, 11) is 1.83. The number of benzene rings is 1. The summed E-state index contributed by atoms with van der Waals surface area (Å²) in [4.78, 5) is 3.88. The molecule has 0 aliphatic heterocycles. The molecule has 1 N–H and O–H groups in total. The van der Waals surface area contributed by atoms with Crippen LogP contribution in [-0.4, -0.2) is 12.0 Å². The Labute approximate surface area is 111 Å². The minimum Gasteiger partial charge on any atom is -0.309 e. The fourth-order valence-electron chi connectivity index (χ4n) is 1.96. The molecule has 0 amide bonds. The van der Waals surface area contributed by atoms with Crippen molar-refractivity contribution in [2.75, 3.05) is 7.05 Å². The lowest BCUT2D eigenvalue weighted by molar-refractivity contribution is 0.608. The highest BCUT2D eigenvalue weighted by atomic mass is 35.5. The van der Waals surface area contributed by atoms with Crippen LogP contribution >= 0.6 is 11.6 Å². The highest BCUT2D eigenvalue weighted by Crippen LogP contribution is 2.25. The Morgan fingerprint density at radius 2 is 2.00 bits per heavy atom. The molecule has 0 saturated carbocycles. The Bertz CT molecular complexity index is 557. The van der Waals surface area contributed by atoms with Crippen LogP contribution in [0, 0.1) is 12.7 Å². The van der Waals surface area contributed by atoms with Gasteiger partial charge in [0.25, 0.3) is 0 Å². The first-order valence-corrected chi connectivity index (χ1v) is 6.03. The molecule has 0 fully saturated rings. The van der Waals surface area contributed by atoms with E-state index in [0.717, 1.165) is 21.7 Å². The molecule has 94 valence electrons.